The van der Waals surface area contributed by atoms with Crippen LogP contribution in [-0.4, -0.2) is 73.6 Å². The Kier molecular flexibility index (Phi) is 7.22. The number of ketones is 1. The summed E-state index contributed by atoms with van der Waals surface area (Å²) in [4.78, 5) is 49.5. The van der Waals surface area contributed by atoms with Crippen LogP contribution in [0.1, 0.15) is 61.8 Å². The second kappa shape index (κ2) is 11.0. The van der Waals surface area contributed by atoms with Gasteiger partial charge in [-0.2, -0.15) is 5.10 Å². The fourth-order valence-corrected chi connectivity index (χ4v) is 6.23. The van der Waals surface area contributed by atoms with E-state index in [1.165, 1.54) is 6.92 Å². The Morgan fingerprint density at radius 1 is 1.10 bits per heavy atom. The summed E-state index contributed by atoms with van der Waals surface area (Å²) in [7, 11) is 1.71. The van der Waals surface area contributed by atoms with Crippen molar-refractivity contribution in [2.24, 2.45) is 5.92 Å². The van der Waals surface area contributed by atoms with Gasteiger partial charge in [-0.3, -0.25) is 19.1 Å². The quantitative estimate of drug-likeness (QED) is 0.406. The molecule has 3 aromatic rings. The zero-order valence-electron chi connectivity index (χ0n) is 22.8. The van der Waals surface area contributed by atoms with Crippen molar-refractivity contribution < 1.29 is 23.9 Å². The van der Waals surface area contributed by atoms with Gasteiger partial charge in [0.1, 0.15) is 30.6 Å². The molecule has 2 amide bonds. The fraction of sp³-hybridized carbons (Fsp3) is 0.517. The van der Waals surface area contributed by atoms with Crippen molar-refractivity contribution in [1.82, 2.24) is 30.0 Å². The van der Waals surface area contributed by atoms with Crippen molar-refractivity contribution in [2.45, 2.75) is 82.8 Å². The molecule has 1 aromatic carbocycles. The van der Waals surface area contributed by atoms with Gasteiger partial charge in [0, 0.05) is 43.9 Å². The highest BCUT2D eigenvalue weighted by Crippen LogP contribution is 2.48. The Hall–Kier alpha value is -3.86. The van der Waals surface area contributed by atoms with E-state index in [0.717, 1.165) is 32.1 Å². The number of benzene rings is 1. The molecule has 11 nitrogen and oxygen atoms in total. The number of piperidine rings is 1. The van der Waals surface area contributed by atoms with Crippen LogP contribution in [0.25, 0.3) is 10.9 Å². The molecular weight excluding hydrogens is 512 g/mol. The average molecular weight is 547 g/mol. The minimum absolute atomic E-state index is 0.0516. The van der Waals surface area contributed by atoms with Gasteiger partial charge in [-0.1, -0.05) is 0 Å². The summed E-state index contributed by atoms with van der Waals surface area (Å²) in [5, 5.41) is 8.30. The van der Waals surface area contributed by atoms with E-state index in [9.17, 15) is 14.4 Å². The molecule has 2 saturated carbocycles. The van der Waals surface area contributed by atoms with Gasteiger partial charge in [-0.25, -0.2) is 9.97 Å². The second-order valence-corrected chi connectivity index (χ2v) is 11.0. The second-order valence-electron chi connectivity index (χ2n) is 11.0. The van der Waals surface area contributed by atoms with Crippen molar-refractivity contribution in [3.63, 3.8) is 0 Å². The van der Waals surface area contributed by atoms with Gasteiger partial charge in [-0.05, 0) is 68.7 Å². The number of carbonyl (C=O) groups excluding carboxylic acids is 3. The number of rotatable bonds is 9. The molecule has 3 fully saturated rings. The summed E-state index contributed by atoms with van der Waals surface area (Å²) < 4.78 is 12.9. The summed E-state index contributed by atoms with van der Waals surface area (Å²) >= 11 is 0. The molecule has 40 heavy (non-hydrogen) atoms. The molecule has 3 heterocycles. The van der Waals surface area contributed by atoms with E-state index >= 15 is 0 Å². The monoisotopic (exact) mass is 546 g/mol. The number of fused-ring (bicyclic) bond motifs is 2. The van der Waals surface area contributed by atoms with Crippen LogP contribution in [0.3, 0.4) is 0 Å². The van der Waals surface area contributed by atoms with E-state index in [1.54, 1.807) is 53.4 Å². The Morgan fingerprint density at radius 3 is 2.70 bits per heavy atom. The topological polar surface area (TPSA) is 129 Å². The van der Waals surface area contributed by atoms with Crippen LogP contribution in [0.5, 0.6) is 5.75 Å². The highest BCUT2D eigenvalue weighted by Gasteiger charge is 2.56. The van der Waals surface area contributed by atoms with E-state index in [4.69, 9.17) is 9.47 Å². The third-order valence-corrected chi connectivity index (χ3v) is 8.33. The van der Waals surface area contributed by atoms with Crippen molar-refractivity contribution >= 4 is 28.5 Å². The van der Waals surface area contributed by atoms with Crippen molar-refractivity contribution in [2.75, 3.05) is 7.11 Å². The predicted molar refractivity (Wildman–Crippen MR) is 144 cm³/mol. The number of hydrogen-bond acceptors (Lipinski definition) is 8. The molecule has 11 heteroatoms. The lowest BCUT2D eigenvalue weighted by molar-refractivity contribution is -0.140. The zero-order valence-corrected chi connectivity index (χ0v) is 22.8. The predicted octanol–water partition coefficient (Wildman–Crippen LogP) is 2.67. The lowest BCUT2D eigenvalue weighted by Crippen LogP contribution is -2.52. The highest BCUT2D eigenvalue weighted by molar-refractivity contribution is 6.05. The first-order chi connectivity index (χ1) is 19.4. The first-order valence-corrected chi connectivity index (χ1v) is 14.0. The van der Waals surface area contributed by atoms with Crippen molar-refractivity contribution in [3.05, 3.63) is 48.2 Å². The standard InChI is InChI=1S/C29H34N6O5/c1-17(36)28-22-14-21(40-16-26-30-9-4-10-31-26)7-8-23(22)34(33-28)15-27(37)35-24-11-18(24)12-25(35)29(38)32-19-5-3-6-20(13-19)39-2/h4,7-10,14,18-20,24-25H,3,5-6,11-13,15-16H2,1-2H3,(H,32,38)/t18-,19-,20+,24-,25+/m1/s1. The van der Waals surface area contributed by atoms with Crippen LogP contribution in [-0.2, 0) is 27.5 Å². The van der Waals surface area contributed by atoms with Crippen LogP contribution in [0.2, 0.25) is 0 Å². The largest absolute Gasteiger partial charge is 0.486 e. The lowest BCUT2D eigenvalue weighted by atomic mass is 9.92. The van der Waals surface area contributed by atoms with Crippen LogP contribution in [0.4, 0.5) is 0 Å². The molecule has 0 unspecified atom stereocenters. The average Bonchev–Trinajstić information content (AvgIpc) is 3.47. The van der Waals surface area contributed by atoms with Crippen LogP contribution in [0, 0.1) is 5.92 Å². The molecule has 0 bridgehead atoms. The van der Waals surface area contributed by atoms with E-state index in [0.29, 0.717) is 34.8 Å². The molecule has 6 rings (SSSR count). The number of Topliss-reactive ketones (excluding diaryl/α,β-unsaturated/α-hetero) is 1. The molecule has 2 aliphatic carbocycles. The molecule has 210 valence electrons. The number of likely N-dealkylation sites (tertiary alicyclic amines) is 1. The van der Waals surface area contributed by atoms with E-state index < -0.39 is 6.04 Å². The lowest BCUT2D eigenvalue weighted by Gasteiger charge is -2.32. The van der Waals surface area contributed by atoms with Gasteiger partial charge in [0.2, 0.25) is 11.8 Å². The smallest absolute Gasteiger partial charge is 0.245 e. The van der Waals surface area contributed by atoms with Gasteiger partial charge in [-0.15, -0.1) is 0 Å². The number of amides is 2. The van der Waals surface area contributed by atoms with Crippen molar-refractivity contribution in [1.29, 1.82) is 0 Å². The molecule has 1 N–H and O–H groups in total. The summed E-state index contributed by atoms with van der Waals surface area (Å²) in [6.07, 6.45) is 8.82. The SMILES string of the molecule is CO[C@H]1CCC[C@@H](NC(=O)[C@@H]2C[C@H]3C[C@H]3N2C(=O)Cn2nc(C(C)=O)c3cc(OCc4ncccn4)ccc32)C1. The molecule has 0 spiro atoms. The number of carbonyl (C=O) groups is 3. The van der Waals surface area contributed by atoms with Crippen molar-refractivity contribution in [3.8, 4) is 5.75 Å². The first kappa shape index (κ1) is 26.4. The first-order valence-electron chi connectivity index (χ1n) is 14.0. The van der Waals surface area contributed by atoms with E-state index in [-0.39, 0.29) is 54.6 Å². The number of ether oxygens (including phenoxy) is 2. The molecule has 2 aromatic heterocycles. The minimum Gasteiger partial charge on any atom is -0.486 e. The minimum atomic E-state index is -0.478. The van der Waals surface area contributed by atoms with Gasteiger partial charge >= 0.3 is 0 Å². The van der Waals surface area contributed by atoms with Crippen LogP contribution >= 0.6 is 0 Å². The highest BCUT2D eigenvalue weighted by atomic mass is 16.5. The number of methoxy groups -OCH3 is 1. The Labute approximate surface area is 232 Å². The molecule has 0 radical (unpaired) electrons. The van der Waals surface area contributed by atoms with E-state index in [2.05, 4.69) is 20.4 Å². The van der Waals surface area contributed by atoms with E-state index in [1.807, 2.05) is 0 Å². The number of aromatic nitrogens is 4. The Morgan fingerprint density at radius 2 is 1.93 bits per heavy atom. The van der Waals surface area contributed by atoms with Gasteiger partial charge in [0.05, 0.1) is 11.6 Å². The van der Waals surface area contributed by atoms with Crippen LogP contribution in [0.15, 0.2) is 36.7 Å². The number of hydrogen-bond donors (Lipinski definition) is 1. The normalized spacial score (nSPS) is 25.4. The van der Waals surface area contributed by atoms with Gasteiger partial charge in [0.25, 0.3) is 0 Å². The maximum absolute atomic E-state index is 13.6. The summed E-state index contributed by atoms with van der Waals surface area (Å²) in [5.74, 6) is 1.01. The van der Waals surface area contributed by atoms with Gasteiger partial charge < -0.3 is 19.7 Å². The Bertz CT molecular complexity index is 1430. The molecule has 3 aliphatic rings. The Balaban J connectivity index is 1.17. The number of nitrogens with one attached hydrogen (secondary N) is 1. The van der Waals surface area contributed by atoms with Gasteiger partial charge in [0.15, 0.2) is 11.6 Å². The number of nitrogens with zero attached hydrogens (tertiary/aromatic N) is 5. The third kappa shape index (κ3) is 5.30. The maximum atomic E-state index is 13.6. The summed E-state index contributed by atoms with van der Waals surface area (Å²) in [5.41, 5.74) is 0.927. The summed E-state index contributed by atoms with van der Waals surface area (Å²) in [6, 6.07) is 6.74. The molecule has 1 aliphatic heterocycles. The fourth-order valence-electron chi connectivity index (χ4n) is 6.23. The summed E-state index contributed by atoms with van der Waals surface area (Å²) in [6.45, 7) is 1.58. The maximum Gasteiger partial charge on any atom is 0.245 e. The molecule has 5 atom stereocenters. The van der Waals surface area contributed by atoms with Crippen LogP contribution < -0.4 is 10.1 Å². The molecular formula is C29H34N6O5. The zero-order chi connectivity index (χ0) is 27.8. The molecule has 1 saturated heterocycles. The third-order valence-electron chi connectivity index (χ3n) is 8.33.